The van der Waals surface area contributed by atoms with Crippen molar-refractivity contribution >= 4 is 5.91 Å². The van der Waals surface area contributed by atoms with Crippen LogP contribution in [0.5, 0.6) is 0 Å². The van der Waals surface area contributed by atoms with Crippen molar-refractivity contribution in [3.63, 3.8) is 0 Å². The van der Waals surface area contributed by atoms with Crippen LogP contribution in [0.4, 0.5) is 13.2 Å². The molecule has 0 aromatic rings. The van der Waals surface area contributed by atoms with Crippen LogP contribution in [-0.4, -0.2) is 78.6 Å². The predicted octanol–water partition coefficient (Wildman–Crippen LogP) is 1.42. The van der Waals surface area contributed by atoms with Crippen molar-refractivity contribution in [2.24, 2.45) is 5.92 Å². The first-order chi connectivity index (χ1) is 9.76. The minimum atomic E-state index is -4.13. The summed E-state index contributed by atoms with van der Waals surface area (Å²) in [6.45, 7) is 6.79. The number of nitrogens with zero attached hydrogens (tertiary/aromatic N) is 3. The number of likely N-dealkylation sites (tertiary alicyclic amines) is 1. The molecule has 0 unspecified atom stereocenters. The monoisotopic (exact) mass is 307 g/mol. The molecule has 2 saturated heterocycles. The van der Waals surface area contributed by atoms with E-state index in [1.54, 1.807) is 6.92 Å². The highest BCUT2D eigenvalue weighted by Gasteiger charge is 2.39. The first-order valence-electron chi connectivity index (χ1n) is 7.55. The molecule has 0 aromatic heterocycles. The van der Waals surface area contributed by atoms with Crippen LogP contribution in [0.1, 0.15) is 20.3 Å². The highest BCUT2D eigenvalue weighted by molar-refractivity contribution is 5.73. The molecular weight excluding hydrogens is 283 g/mol. The lowest BCUT2D eigenvalue weighted by molar-refractivity contribution is -0.144. The fourth-order valence-electron chi connectivity index (χ4n) is 3.49. The molecule has 1 amide bonds. The zero-order valence-electron chi connectivity index (χ0n) is 12.7. The first-order valence-corrected chi connectivity index (χ1v) is 7.55. The normalized spacial score (nSPS) is 29.7. The van der Waals surface area contributed by atoms with Gasteiger partial charge in [-0.1, -0.05) is 6.92 Å². The Labute approximate surface area is 123 Å². The Kier molecular flexibility index (Phi) is 5.14. The number of carbonyl (C=O) groups excluding carboxylic acids is 1. The topological polar surface area (TPSA) is 26.8 Å². The van der Waals surface area contributed by atoms with Crippen LogP contribution in [-0.2, 0) is 4.79 Å². The average Bonchev–Trinajstić information content (AvgIpc) is 2.59. The van der Waals surface area contributed by atoms with Gasteiger partial charge in [0.25, 0.3) is 0 Å². The van der Waals surface area contributed by atoms with Gasteiger partial charge in [0, 0.05) is 52.2 Å². The Balaban J connectivity index is 1.91. The Morgan fingerprint density at radius 1 is 1.14 bits per heavy atom. The van der Waals surface area contributed by atoms with Crippen LogP contribution in [0.3, 0.4) is 0 Å². The summed E-state index contributed by atoms with van der Waals surface area (Å²) in [6, 6.07) is 0.166. The van der Waals surface area contributed by atoms with Crippen LogP contribution < -0.4 is 0 Å². The van der Waals surface area contributed by atoms with Crippen LogP contribution in [0.25, 0.3) is 0 Å². The molecule has 2 aliphatic rings. The van der Waals surface area contributed by atoms with E-state index >= 15 is 0 Å². The molecule has 2 heterocycles. The van der Waals surface area contributed by atoms with Crippen LogP contribution >= 0.6 is 0 Å². The van der Waals surface area contributed by atoms with Gasteiger partial charge in [-0.2, -0.15) is 13.2 Å². The molecule has 4 nitrogen and oxygen atoms in total. The molecule has 0 aliphatic carbocycles. The maximum absolute atomic E-state index is 12.5. The van der Waals surface area contributed by atoms with Gasteiger partial charge in [-0.3, -0.25) is 14.6 Å². The number of amides is 1. The van der Waals surface area contributed by atoms with Crippen molar-refractivity contribution in [2.75, 3.05) is 45.8 Å². The SMILES string of the molecule is CC(=O)N1CCCN([C@H]2CN(CC(F)(F)F)C[C@H]2C)CC1. The van der Waals surface area contributed by atoms with Gasteiger partial charge in [-0.05, 0) is 12.3 Å². The second kappa shape index (κ2) is 6.52. The summed E-state index contributed by atoms with van der Waals surface area (Å²) in [5.74, 6) is 0.311. The molecule has 122 valence electrons. The molecule has 0 spiro atoms. The molecule has 7 heteroatoms. The van der Waals surface area contributed by atoms with Crippen molar-refractivity contribution in [1.82, 2.24) is 14.7 Å². The van der Waals surface area contributed by atoms with Crippen molar-refractivity contribution < 1.29 is 18.0 Å². The molecule has 2 rings (SSSR count). The molecule has 0 bridgehead atoms. The molecular formula is C14H24F3N3O. The standard InChI is InChI=1S/C14H24F3N3O/c1-11-8-18(10-14(15,16)17)9-13(11)20-5-3-4-19(6-7-20)12(2)21/h11,13H,3-10H2,1-2H3/t11-,13+/m1/s1. The fourth-order valence-corrected chi connectivity index (χ4v) is 3.49. The zero-order chi connectivity index (χ0) is 15.6. The Morgan fingerprint density at radius 2 is 1.86 bits per heavy atom. The molecule has 21 heavy (non-hydrogen) atoms. The van der Waals surface area contributed by atoms with E-state index in [1.807, 2.05) is 11.8 Å². The number of halogens is 3. The number of carbonyl (C=O) groups is 1. The molecule has 2 atom stereocenters. The lowest BCUT2D eigenvalue weighted by Crippen LogP contribution is -2.43. The second-order valence-corrected chi connectivity index (χ2v) is 6.25. The lowest BCUT2D eigenvalue weighted by Gasteiger charge is -2.30. The average molecular weight is 307 g/mol. The smallest absolute Gasteiger partial charge is 0.342 e. The first kappa shape index (κ1) is 16.5. The number of rotatable bonds is 2. The number of alkyl halides is 3. The van der Waals surface area contributed by atoms with Crippen LogP contribution in [0, 0.1) is 5.92 Å². The predicted molar refractivity (Wildman–Crippen MR) is 73.9 cm³/mol. The number of hydrogen-bond donors (Lipinski definition) is 0. The van der Waals surface area contributed by atoms with E-state index < -0.39 is 12.7 Å². The molecule has 0 radical (unpaired) electrons. The third-order valence-corrected chi connectivity index (χ3v) is 4.50. The van der Waals surface area contributed by atoms with E-state index in [2.05, 4.69) is 4.90 Å². The van der Waals surface area contributed by atoms with Crippen molar-refractivity contribution in [3.05, 3.63) is 0 Å². The van der Waals surface area contributed by atoms with Gasteiger partial charge < -0.3 is 4.90 Å². The van der Waals surface area contributed by atoms with Crippen molar-refractivity contribution in [2.45, 2.75) is 32.5 Å². The summed E-state index contributed by atoms with van der Waals surface area (Å²) in [6.07, 6.45) is -3.24. The Morgan fingerprint density at radius 3 is 2.48 bits per heavy atom. The van der Waals surface area contributed by atoms with E-state index in [9.17, 15) is 18.0 Å². The number of hydrogen-bond acceptors (Lipinski definition) is 3. The fraction of sp³-hybridized carbons (Fsp3) is 0.929. The largest absolute Gasteiger partial charge is 0.401 e. The summed E-state index contributed by atoms with van der Waals surface area (Å²) >= 11 is 0. The minimum Gasteiger partial charge on any atom is -0.342 e. The van der Waals surface area contributed by atoms with Gasteiger partial charge in [0.1, 0.15) is 0 Å². The van der Waals surface area contributed by atoms with E-state index in [0.717, 1.165) is 26.1 Å². The van der Waals surface area contributed by atoms with Crippen LogP contribution in [0.15, 0.2) is 0 Å². The van der Waals surface area contributed by atoms with Gasteiger partial charge in [0.05, 0.1) is 6.54 Å². The van der Waals surface area contributed by atoms with E-state index in [4.69, 9.17) is 0 Å². The van der Waals surface area contributed by atoms with Gasteiger partial charge in [0.15, 0.2) is 0 Å². The lowest BCUT2D eigenvalue weighted by atomic mass is 10.0. The summed E-state index contributed by atoms with van der Waals surface area (Å²) in [7, 11) is 0. The maximum atomic E-state index is 12.5. The van der Waals surface area contributed by atoms with E-state index in [1.165, 1.54) is 4.90 Å². The van der Waals surface area contributed by atoms with Crippen molar-refractivity contribution in [1.29, 1.82) is 0 Å². The minimum absolute atomic E-state index is 0.0787. The van der Waals surface area contributed by atoms with Gasteiger partial charge in [0.2, 0.25) is 5.91 Å². The van der Waals surface area contributed by atoms with E-state index in [0.29, 0.717) is 19.6 Å². The Bertz CT molecular complexity index is 375. The van der Waals surface area contributed by atoms with Gasteiger partial charge in [-0.25, -0.2) is 0 Å². The highest BCUT2D eigenvalue weighted by Crippen LogP contribution is 2.26. The summed E-state index contributed by atoms with van der Waals surface area (Å²) in [4.78, 5) is 17.0. The molecule has 0 aromatic carbocycles. The summed E-state index contributed by atoms with van der Waals surface area (Å²) in [5, 5.41) is 0. The van der Waals surface area contributed by atoms with Crippen LogP contribution in [0.2, 0.25) is 0 Å². The third kappa shape index (κ3) is 4.57. The maximum Gasteiger partial charge on any atom is 0.401 e. The summed E-state index contributed by atoms with van der Waals surface area (Å²) < 4.78 is 37.5. The quantitative estimate of drug-likeness (QED) is 0.772. The van der Waals surface area contributed by atoms with E-state index in [-0.39, 0.29) is 17.9 Å². The Hall–Kier alpha value is -0.820. The third-order valence-electron chi connectivity index (χ3n) is 4.50. The molecule has 0 N–H and O–H groups in total. The summed E-state index contributed by atoms with van der Waals surface area (Å²) in [5.41, 5.74) is 0. The molecule has 0 saturated carbocycles. The molecule has 2 fully saturated rings. The van der Waals surface area contributed by atoms with Gasteiger partial charge >= 0.3 is 6.18 Å². The molecule has 2 aliphatic heterocycles. The highest BCUT2D eigenvalue weighted by atomic mass is 19.4. The van der Waals surface area contributed by atoms with Gasteiger partial charge in [-0.15, -0.1) is 0 Å². The zero-order valence-corrected chi connectivity index (χ0v) is 12.7. The van der Waals surface area contributed by atoms with Crippen molar-refractivity contribution in [3.8, 4) is 0 Å². The second-order valence-electron chi connectivity index (χ2n) is 6.25.